The maximum absolute atomic E-state index is 9.74. The van der Waals surface area contributed by atoms with Crippen molar-refractivity contribution < 1.29 is 5.11 Å². The van der Waals surface area contributed by atoms with Gasteiger partial charge in [0, 0.05) is 35.6 Å². The van der Waals surface area contributed by atoms with E-state index < -0.39 is 0 Å². The number of phenols is 1. The fourth-order valence-corrected chi connectivity index (χ4v) is 1.98. The first-order valence-corrected chi connectivity index (χ1v) is 6.16. The summed E-state index contributed by atoms with van der Waals surface area (Å²) >= 11 is 6.05. The van der Waals surface area contributed by atoms with E-state index in [0.717, 1.165) is 11.1 Å². The van der Waals surface area contributed by atoms with Gasteiger partial charge in [0.2, 0.25) is 0 Å². The summed E-state index contributed by atoms with van der Waals surface area (Å²) in [6.07, 6.45) is 3.53. The van der Waals surface area contributed by atoms with Crippen LogP contribution in [0.3, 0.4) is 0 Å². The summed E-state index contributed by atoms with van der Waals surface area (Å²) in [6.45, 7) is 2.58. The maximum Gasteiger partial charge on any atom is 0.121 e. The minimum Gasteiger partial charge on any atom is -0.508 e. The summed E-state index contributed by atoms with van der Waals surface area (Å²) in [5, 5.41) is 13.6. The third-order valence-corrected chi connectivity index (χ3v) is 3.24. The Kier molecular flexibility index (Phi) is 4.18. The number of aromatic nitrogens is 1. The molecule has 4 heteroatoms. The monoisotopic (exact) mass is 262 g/mol. The van der Waals surface area contributed by atoms with Gasteiger partial charge in [0.25, 0.3) is 0 Å². The van der Waals surface area contributed by atoms with E-state index in [0.29, 0.717) is 11.6 Å². The number of nitrogens with one attached hydrogen (secondary N) is 1. The first-order valence-electron chi connectivity index (χ1n) is 5.78. The van der Waals surface area contributed by atoms with Crippen LogP contribution in [0.5, 0.6) is 5.75 Å². The SMILES string of the molecule is CC(NCc1c(O)cccc1Cl)c1ccncc1. The molecule has 2 rings (SSSR count). The predicted molar refractivity (Wildman–Crippen MR) is 72.6 cm³/mol. The number of pyridine rings is 1. The van der Waals surface area contributed by atoms with Gasteiger partial charge >= 0.3 is 0 Å². The molecule has 0 saturated heterocycles. The minimum absolute atomic E-state index is 0.170. The highest BCUT2D eigenvalue weighted by molar-refractivity contribution is 6.31. The molecule has 1 unspecified atom stereocenters. The molecule has 3 nitrogen and oxygen atoms in total. The zero-order valence-electron chi connectivity index (χ0n) is 10.1. The molecule has 18 heavy (non-hydrogen) atoms. The highest BCUT2D eigenvalue weighted by Gasteiger charge is 2.09. The van der Waals surface area contributed by atoms with Crippen LogP contribution in [-0.2, 0) is 6.54 Å². The van der Waals surface area contributed by atoms with E-state index in [-0.39, 0.29) is 11.8 Å². The molecule has 0 amide bonds. The predicted octanol–water partition coefficient (Wildman–Crippen LogP) is 3.29. The number of aromatic hydroxyl groups is 1. The Morgan fingerprint density at radius 3 is 2.67 bits per heavy atom. The molecule has 0 fully saturated rings. The van der Waals surface area contributed by atoms with E-state index >= 15 is 0 Å². The van der Waals surface area contributed by atoms with Crippen molar-refractivity contribution in [3.8, 4) is 5.75 Å². The van der Waals surface area contributed by atoms with Gasteiger partial charge in [0.05, 0.1) is 0 Å². The van der Waals surface area contributed by atoms with Gasteiger partial charge in [-0.3, -0.25) is 4.98 Å². The molecule has 0 radical (unpaired) electrons. The quantitative estimate of drug-likeness (QED) is 0.889. The van der Waals surface area contributed by atoms with Crippen molar-refractivity contribution in [2.45, 2.75) is 19.5 Å². The van der Waals surface area contributed by atoms with Gasteiger partial charge in [-0.25, -0.2) is 0 Å². The summed E-state index contributed by atoms with van der Waals surface area (Å²) in [7, 11) is 0. The number of hydrogen-bond donors (Lipinski definition) is 2. The smallest absolute Gasteiger partial charge is 0.121 e. The molecule has 0 bridgehead atoms. The van der Waals surface area contributed by atoms with E-state index in [4.69, 9.17) is 11.6 Å². The molecular formula is C14H15ClN2O. The van der Waals surface area contributed by atoms with E-state index in [1.807, 2.05) is 12.1 Å². The van der Waals surface area contributed by atoms with Crippen molar-refractivity contribution in [2.75, 3.05) is 0 Å². The lowest BCUT2D eigenvalue weighted by Crippen LogP contribution is -2.18. The van der Waals surface area contributed by atoms with Crippen LogP contribution in [0.4, 0.5) is 0 Å². The van der Waals surface area contributed by atoms with Crippen LogP contribution in [0.25, 0.3) is 0 Å². The second-order valence-electron chi connectivity index (χ2n) is 4.12. The van der Waals surface area contributed by atoms with Gasteiger partial charge in [0.1, 0.15) is 5.75 Å². The van der Waals surface area contributed by atoms with Crippen LogP contribution in [0.1, 0.15) is 24.1 Å². The first-order chi connectivity index (χ1) is 8.68. The second-order valence-corrected chi connectivity index (χ2v) is 4.53. The molecule has 94 valence electrons. The minimum atomic E-state index is 0.170. The van der Waals surface area contributed by atoms with Gasteiger partial charge in [-0.05, 0) is 36.8 Å². The van der Waals surface area contributed by atoms with Crippen molar-refractivity contribution in [3.05, 3.63) is 58.9 Å². The van der Waals surface area contributed by atoms with Gasteiger partial charge < -0.3 is 10.4 Å². The highest BCUT2D eigenvalue weighted by atomic mass is 35.5. The second kappa shape index (κ2) is 5.85. The van der Waals surface area contributed by atoms with E-state index in [9.17, 15) is 5.11 Å². The van der Waals surface area contributed by atoms with E-state index in [1.54, 1.807) is 30.6 Å². The largest absolute Gasteiger partial charge is 0.508 e. The highest BCUT2D eigenvalue weighted by Crippen LogP contribution is 2.25. The van der Waals surface area contributed by atoms with E-state index in [1.165, 1.54) is 0 Å². The number of benzene rings is 1. The molecule has 1 heterocycles. The third-order valence-electron chi connectivity index (χ3n) is 2.89. The zero-order chi connectivity index (χ0) is 13.0. The average molecular weight is 263 g/mol. The summed E-state index contributed by atoms with van der Waals surface area (Å²) in [5.74, 6) is 0.219. The molecule has 0 aliphatic rings. The Bertz CT molecular complexity index is 496. The molecule has 1 atom stereocenters. The van der Waals surface area contributed by atoms with Crippen molar-refractivity contribution in [2.24, 2.45) is 0 Å². The van der Waals surface area contributed by atoms with Crippen LogP contribution in [-0.4, -0.2) is 10.1 Å². The Morgan fingerprint density at radius 1 is 1.28 bits per heavy atom. The number of hydrogen-bond acceptors (Lipinski definition) is 3. The molecule has 2 aromatic rings. The molecule has 2 N–H and O–H groups in total. The Balaban J connectivity index is 2.04. The van der Waals surface area contributed by atoms with Crippen LogP contribution in [0.2, 0.25) is 5.02 Å². The average Bonchev–Trinajstić information content (AvgIpc) is 2.39. The standard InChI is InChI=1S/C14H15ClN2O/c1-10(11-5-7-16-8-6-11)17-9-12-13(15)3-2-4-14(12)18/h2-8,10,17-18H,9H2,1H3. The maximum atomic E-state index is 9.74. The van der Waals surface area contributed by atoms with Crippen molar-refractivity contribution >= 4 is 11.6 Å². The first kappa shape index (κ1) is 12.9. The van der Waals surface area contributed by atoms with Crippen molar-refractivity contribution in [3.63, 3.8) is 0 Å². The fourth-order valence-electron chi connectivity index (χ4n) is 1.75. The van der Waals surface area contributed by atoms with Crippen molar-refractivity contribution in [1.82, 2.24) is 10.3 Å². The molecule has 0 aliphatic carbocycles. The summed E-state index contributed by atoms with van der Waals surface area (Å²) in [4.78, 5) is 3.99. The summed E-state index contributed by atoms with van der Waals surface area (Å²) < 4.78 is 0. The zero-order valence-corrected chi connectivity index (χ0v) is 10.9. The van der Waals surface area contributed by atoms with Gasteiger partial charge in [-0.15, -0.1) is 0 Å². The van der Waals surface area contributed by atoms with Gasteiger partial charge in [0.15, 0.2) is 0 Å². The Morgan fingerprint density at radius 2 is 2.00 bits per heavy atom. The lowest BCUT2D eigenvalue weighted by Gasteiger charge is -2.15. The molecule has 1 aromatic heterocycles. The molecular weight excluding hydrogens is 248 g/mol. The van der Waals surface area contributed by atoms with Gasteiger partial charge in [-0.2, -0.15) is 0 Å². The Hall–Kier alpha value is -1.58. The lowest BCUT2D eigenvalue weighted by molar-refractivity contribution is 0.460. The number of phenolic OH excluding ortho intramolecular Hbond substituents is 1. The fraction of sp³-hybridized carbons (Fsp3) is 0.214. The normalized spacial score (nSPS) is 12.3. The number of rotatable bonds is 4. The topological polar surface area (TPSA) is 45.1 Å². The number of nitrogens with zero attached hydrogens (tertiary/aromatic N) is 1. The molecule has 1 aromatic carbocycles. The molecule has 0 saturated carbocycles. The molecule has 0 spiro atoms. The molecule has 0 aliphatic heterocycles. The summed E-state index contributed by atoms with van der Waals surface area (Å²) in [6, 6.07) is 9.24. The van der Waals surface area contributed by atoms with Crippen LogP contribution in [0, 0.1) is 0 Å². The van der Waals surface area contributed by atoms with Crippen LogP contribution >= 0.6 is 11.6 Å². The summed E-state index contributed by atoms with van der Waals surface area (Å²) in [5.41, 5.74) is 1.87. The van der Waals surface area contributed by atoms with Crippen LogP contribution in [0.15, 0.2) is 42.7 Å². The van der Waals surface area contributed by atoms with Crippen LogP contribution < -0.4 is 5.32 Å². The Labute approximate surface area is 111 Å². The van der Waals surface area contributed by atoms with Crippen molar-refractivity contribution in [1.29, 1.82) is 0 Å². The van der Waals surface area contributed by atoms with E-state index in [2.05, 4.69) is 17.2 Å². The van der Waals surface area contributed by atoms with Gasteiger partial charge in [-0.1, -0.05) is 17.7 Å². The third kappa shape index (κ3) is 3.00. The lowest BCUT2D eigenvalue weighted by atomic mass is 10.1. The number of halogens is 1.